The Bertz CT molecular complexity index is 945. The van der Waals surface area contributed by atoms with E-state index in [0.29, 0.717) is 17.4 Å². The molecule has 6 heteroatoms. The summed E-state index contributed by atoms with van der Waals surface area (Å²) >= 11 is 0. The van der Waals surface area contributed by atoms with Gasteiger partial charge in [0.2, 0.25) is 0 Å². The summed E-state index contributed by atoms with van der Waals surface area (Å²) < 4.78 is 6.19. The number of nitrogens with zero attached hydrogens (tertiary/aromatic N) is 4. The zero-order valence-electron chi connectivity index (χ0n) is 17.5. The molecule has 0 unspecified atom stereocenters. The molecule has 4 rings (SSSR count). The Morgan fingerprint density at radius 2 is 1.79 bits per heavy atom. The van der Waals surface area contributed by atoms with Crippen molar-refractivity contribution in [2.45, 2.75) is 52.7 Å². The minimum atomic E-state index is -0.478. The number of aliphatic hydroxyl groups excluding tert-OH is 1. The molecular weight excluding hydrogens is 364 g/mol. The van der Waals surface area contributed by atoms with Gasteiger partial charge >= 0.3 is 0 Å². The van der Waals surface area contributed by atoms with Gasteiger partial charge in [-0.05, 0) is 76.1 Å². The molecule has 0 spiro atoms. The lowest BCUT2D eigenvalue weighted by Crippen LogP contribution is -2.42. The summed E-state index contributed by atoms with van der Waals surface area (Å²) in [6.45, 7) is 9.55. The molecule has 1 saturated carbocycles. The fraction of sp³-hybridized carbons (Fsp3) is 0.522. The van der Waals surface area contributed by atoms with Crippen LogP contribution in [-0.2, 0) is 0 Å². The van der Waals surface area contributed by atoms with E-state index in [-0.39, 0.29) is 6.10 Å². The number of hydrogen-bond acceptors (Lipinski definition) is 6. The quantitative estimate of drug-likeness (QED) is 0.864. The second kappa shape index (κ2) is 7.64. The number of aromatic nitrogens is 2. The largest absolute Gasteiger partial charge is 0.486 e. The third-order valence-corrected chi connectivity index (χ3v) is 6.36. The number of rotatable bonds is 3. The van der Waals surface area contributed by atoms with Crippen molar-refractivity contribution in [3.63, 3.8) is 0 Å². The lowest BCUT2D eigenvalue weighted by atomic mass is 9.78. The molecule has 3 heterocycles. The highest BCUT2D eigenvalue weighted by Crippen LogP contribution is 2.39. The Kier molecular flexibility index (Phi) is 5.18. The van der Waals surface area contributed by atoms with Crippen LogP contribution >= 0.6 is 0 Å². The van der Waals surface area contributed by atoms with Crippen molar-refractivity contribution >= 4 is 5.82 Å². The van der Waals surface area contributed by atoms with E-state index in [1.165, 1.54) is 0 Å². The highest BCUT2D eigenvalue weighted by molar-refractivity contribution is 5.51. The van der Waals surface area contributed by atoms with Crippen molar-refractivity contribution in [3.8, 4) is 11.8 Å². The molecule has 6 nitrogen and oxygen atoms in total. The standard InChI is InChI=1S/C23H28N4O2/c1-13-7-23(26-15(3)19(13)10-24)27-11-17-8-20(28)22(9-18(17)12-27)29-21-6-5-14(2)25-16(21)4/h5-7,17-18,20,22,28H,8-9,11-12H2,1-4H3/t17-,18+,20+,22+/m0/s1. The van der Waals surface area contributed by atoms with Crippen molar-refractivity contribution < 1.29 is 9.84 Å². The second-order valence-electron chi connectivity index (χ2n) is 8.53. The van der Waals surface area contributed by atoms with Crippen LogP contribution in [0.15, 0.2) is 18.2 Å². The van der Waals surface area contributed by atoms with Crippen molar-refractivity contribution in [1.29, 1.82) is 5.26 Å². The summed E-state index contributed by atoms with van der Waals surface area (Å²) in [5.74, 6) is 2.58. The average Bonchev–Trinajstić information content (AvgIpc) is 3.06. The van der Waals surface area contributed by atoms with E-state index in [9.17, 15) is 10.4 Å². The average molecular weight is 393 g/mol. The van der Waals surface area contributed by atoms with Crippen molar-refractivity contribution in [2.24, 2.45) is 11.8 Å². The third-order valence-electron chi connectivity index (χ3n) is 6.36. The predicted molar refractivity (Wildman–Crippen MR) is 111 cm³/mol. The van der Waals surface area contributed by atoms with Crippen LogP contribution < -0.4 is 9.64 Å². The molecular formula is C23H28N4O2. The van der Waals surface area contributed by atoms with Crippen LogP contribution in [-0.4, -0.2) is 40.4 Å². The zero-order valence-corrected chi connectivity index (χ0v) is 17.5. The van der Waals surface area contributed by atoms with E-state index in [1.54, 1.807) is 0 Å². The van der Waals surface area contributed by atoms with E-state index in [2.05, 4.69) is 20.9 Å². The number of nitriles is 1. The Hall–Kier alpha value is -2.65. The topological polar surface area (TPSA) is 82.3 Å². The van der Waals surface area contributed by atoms with Crippen LogP contribution in [0, 0.1) is 50.9 Å². The van der Waals surface area contributed by atoms with Gasteiger partial charge in [0.05, 0.1) is 23.1 Å². The maximum Gasteiger partial charge on any atom is 0.141 e. The van der Waals surface area contributed by atoms with Crippen LogP contribution in [0.25, 0.3) is 0 Å². The predicted octanol–water partition coefficient (Wildman–Crippen LogP) is 3.24. The van der Waals surface area contributed by atoms with Gasteiger partial charge in [0.25, 0.3) is 0 Å². The first-order valence-electron chi connectivity index (χ1n) is 10.3. The molecule has 1 aliphatic heterocycles. The summed E-state index contributed by atoms with van der Waals surface area (Å²) in [4.78, 5) is 11.4. The van der Waals surface area contributed by atoms with Gasteiger partial charge in [0.15, 0.2) is 0 Å². The fourth-order valence-corrected chi connectivity index (χ4v) is 4.81. The molecule has 2 aromatic heterocycles. The van der Waals surface area contributed by atoms with Gasteiger partial charge in [-0.25, -0.2) is 4.98 Å². The molecule has 2 fully saturated rings. The number of anilines is 1. The van der Waals surface area contributed by atoms with E-state index >= 15 is 0 Å². The minimum absolute atomic E-state index is 0.211. The minimum Gasteiger partial charge on any atom is -0.486 e. The van der Waals surface area contributed by atoms with E-state index in [0.717, 1.165) is 60.1 Å². The van der Waals surface area contributed by atoms with Crippen molar-refractivity contribution in [3.05, 3.63) is 46.4 Å². The molecule has 29 heavy (non-hydrogen) atoms. The van der Waals surface area contributed by atoms with Crippen LogP contribution in [0.1, 0.15) is 41.1 Å². The van der Waals surface area contributed by atoms with E-state index in [4.69, 9.17) is 4.74 Å². The molecule has 4 atom stereocenters. The summed E-state index contributed by atoms with van der Waals surface area (Å²) in [5.41, 5.74) is 4.23. The number of aryl methyl sites for hydroxylation is 4. The Labute approximate surface area is 172 Å². The zero-order chi connectivity index (χ0) is 20.7. The molecule has 1 N–H and O–H groups in total. The van der Waals surface area contributed by atoms with Crippen LogP contribution in [0.5, 0.6) is 5.75 Å². The summed E-state index contributed by atoms with van der Waals surface area (Å²) in [7, 11) is 0. The van der Waals surface area contributed by atoms with Crippen LogP contribution in [0.3, 0.4) is 0 Å². The van der Waals surface area contributed by atoms with E-state index < -0.39 is 6.10 Å². The fourth-order valence-electron chi connectivity index (χ4n) is 4.81. The monoisotopic (exact) mass is 392 g/mol. The van der Waals surface area contributed by atoms with Gasteiger partial charge in [0, 0.05) is 18.8 Å². The first kappa shape index (κ1) is 19.7. The maximum absolute atomic E-state index is 10.7. The van der Waals surface area contributed by atoms with E-state index in [1.807, 2.05) is 45.9 Å². The van der Waals surface area contributed by atoms with Crippen LogP contribution in [0.2, 0.25) is 0 Å². The smallest absolute Gasteiger partial charge is 0.141 e. The molecule has 1 saturated heterocycles. The normalized spacial score (nSPS) is 26.1. The number of ether oxygens (including phenoxy) is 1. The van der Waals surface area contributed by atoms with Crippen LogP contribution in [0.4, 0.5) is 5.82 Å². The SMILES string of the molecule is Cc1ccc(O[C@@H]2C[C@@H]3CN(c4cc(C)c(C#N)c(C)n4)C[C@@H]3C[C@H]2O)c(C)n1. The number of fused-ring (bicyclic) bond motifs is 1. The Morgan fingerprint density at radius 1 is 1.07 bits per heavy atom. The van der Waals surface area contributed by atoms with Crippen molar-refractivity contribution in [2.75, 3.05) is 18.0 Å². The summed E-state index contributed by atoms with van der Waals surface area (Å²) in [6, 6.07) is 8.14. The maximum atomic E-state index is 10.7. The van der Waals surface area contributed by atoms with Crippen molar-refractivity contribution in [1.82, 2.24) is 9.97 Å². The van der Waals surface area contributed by atoms with Gasteiger partial charge in [0.1, 0.15) is 23.7 Å². The van der Waals surface area contributed by atoms with Gasteiger partial charge in [-0.15, -0.1) is 0 Å². The summed E-state index contributed by atoms with van der Waals surface area (Å²) in [6.07, 6.45) is 0.869. The van der Waals surface area contributed by atoms with Gasteiger partial charge in [-0.2, -0.15) is 5.26 Å². The molecule has 1 aliphatic carbocycles. The number of aliphatic hydroxyl groups is 1. The summed E-state index contributed by atoms with van der Waals surface area (Å²) in [5, 5.41) is 20.0. The third kappa shape index (κ3) is 3.79. The van der Waals surface area contributed by atoms with Gasteiger partial charge in [-0.1, -0.05) is 0 Å². The molecule has 2 aromatic rings. The first-order valence-corrected chi connectivity index (χ1v) is 10.3. The molecule has 0 amide bonds. The molecule has 2 aliphatic rings. The molecule has 0 bridgehead atoms. The van der Waals surface area contributed by atoms with Gasteiger partial charge < -0.3 is 14.7 Å². The molecule has 0 radical (unpaired) electrons. The Morgan fingerprint density at radius 3 is 2.45 bits per heavy atom. The molecule has 152 valence electrons. The highest BCUT2D eigenvalue weighted by Gasteiger charge is 2.43. The van der Waals surface area contributed by atoms with Gasteiger partial charge in [-0.3, -0.25) is 4.98 Å². The lowest BCUT2D eigenvalue weighted by Gasteiger charge is -2.35. The molecule has 0 aromatic carbocycles. The Balaban J connectivity index is 1.48. The number of hydrogen-bond donors (Lipinski definition) is 1. The second-order valence-corrected chi connectivity index (χ2v) is 8.53. The lowest BCUT2D eigenvalue weighted by molar-refractivity contribution is -0.0236. The first-order chi connectivity index (χ1) is 13.9. The highest BCUT2D eigenvalue weighted by atomic mass is 16.5. The number of pyridine rings is 2.